The average molecular weight is 456 g/mol. The van der Waals surface area contributed by atoms with E-state index in [9.17, 15) is 27.2 Å². The summed E-state index contributed by atoms with van der Waals surface area (Å²) in [7, 11) is 0. The lowest BCUT2D eigenvalue weighted by atomic mass is 10.1. The number of aryl methyl sites for hydroxylation is 1. The van der Waals surface area contributed by atoms with Crippen LogP contribution in [0.4, 0.5) is 28.9 Å². The number of H-pyrrole nitrogens is 1. The molecule has 6 nitrogen and oxygen atoms in total. The van der Waals surface area contributed by atoms with Crippen LogP contribution in [0.2, 0.25) is 0 Å². The van der Waals surface area contributed by atoms with Gasteiger partial charge in [-0.3, -0.25) is 14.5 Å². The van der Waals surface area contributed by atoms with Crippen molar-refractivity contribution in [3.05, 3.63) is 89.2 Å². The number of carbonyl (C=O) groups excluding carboxylic acids is 2. The summed E-state index contributed by atoms with van der Waals surface area (Å²) in [5, 5.41) is 3.39. The minimum absolute atomic E-state index is 0.00148. The number of anilines is 2. The molecule has 0 spiro atoms. The van der Waals surface area contributed by atoms with E-state index in [0.29, 0.717) is 29.0 Å². The van der Waals surface area contributed by atoms with Gasteiger partial charge in [0.1, 0.15) is 17.3 Å². The number of hydrogen-bond acceptors (Lipinski definition) is 3. The molecule has 2 N–H and O–H groups in total. The van der Waals surface area contributed by atoms with Gasteiger partial charge in [0.25, 0.3) is 11.8 Å². The molecule has 2 aromatic carbocycles. The van der Waals surface area contributed by atoms with Crippen molar-refractivity contribution in [3.63, 3.8) is 0 Å². The molecule has 2 aromatic heterocycles. The molecule has 0 atom stereocenters. The van der Waals surface area contributed by atoms with Gasteiger partial charge in [-0.1, -0.05) is 6.07 Å². The molecule has 0 fully saturated rings. The fourth-order valence-corrected chi connectivity index (χ4v) is 3.32. The van der Waals surface area contributed by atoms with Gasteiger partial charge in [-0.15, -0.1) is 0 Å². The second kappa shape index (κ2) is 8.73. The van der Waals surface area contributed by atoms with Crippen LogP contribution in [0.25, 0.3) is 11.0 Å². The summed E-state index contributed by atoms with van der Waals surface area (Å²) in [6, 6.07) is 9.10. The minimum atomic E-state index is -3.38. The molecule has 168 valence electrons. The van der Waals surface area contributed by atoms with Gasteiger partial charge in [-0.05, 0) is 55.0 Å². The number of benzene rings is 2. The Balaban J connectivity index is 1.67. The van der Waals surface area contributed by atoms with Crippen LogP contribution in [0.1, 0.15) is 26.3 Å². The van der Waals surface area contributed by atoms with E-state index >= 15 is 0 Å². The van der Waals surface area contributed by atoms with Gasteiger partial charge in [0.2, 0.25) is 0 Å². The summed E-state index contributed by atoms with van der Waals surface area (Å²) in [5.41, 5.74) is 0.258. The average Bonchev–Trinajstić information content (AvgIpc) is 3.24. The van der Waals surface area contributed by atoms with E-state index in [0.717, 1.165) is 17.5 Å². The Bertz CT molecular complexity index is 1370. The van der Waals surface area contributed by atoms with Crippen LogP contribution >= 0.6 is 0 Å². The highest BCUT2D eigenvalue weighted by Gasteiger charge is 2.29. The maximum Gasteiger partial charge on any atom is 0.321 e. The Morgan fingerprint density at radius 3 is 2.58 bits per heavy atom. The zero-order valence-electron chi connectivity index (χ0n) is 17.1. The standard InChI is InChI=1S/C23H16F4N4O2/c1-12-2-4-16(31(23(26)27)22(33)18-9-14(24)3-5-19(18)25)10-17(12)21(32)30-15-8-13-6-7-28-20(13)29-11-15/h2-11,23H,1H3,(H,28,29)(H,30,32). The van der Waals surface area contributed by atoms with Crippen LogP contribution in [0.5, 0.6) is 0 Å². The van der Waals surface area contributed by atoms with E-state index < -0.39 is 35.6 Å². The quantitative estimate of drug-likeness (QED) is 0.317. The number of nitrogens with zero attached hydrogens (tertiary/aromatic N) is 2. The zero-order valence-corrected chi connectivity index (χ0v) is 17.1. The smallest absolute Gasteiger partial charge is 0.321 e. The Hall–Kier alpha value is -4.21. The third-order valence-corrected chi connectivity index (χ3v) is 4.97. The molecule has 2 heterocycles. The lowest BCUT2D eigenvalue weighted by Gasteiger charge is -2.23. The first-order chi connectivity index (χ1) is 15.7. The molecule has 0 bridgehead atoms. The number of pyridine rings is 1. The highest BCUT2D eigenvalue weighted by molar-refractivity contribution is 6.09. The summed E-state index contributed by atoms with van der Waals surface area (Å²) in [5.74, 6) is -4.17. The van der Waals surface area contributed by atoms with Crippen molar-refractivity contribution in [2.75, 3.05) is 10.2 Å². The Kier molecular flexibility index (Phi) is 5.82. The van der Waals surface area contributed by atoms with Crippen LogP contribution in [-0.2, 0) is 0 Å². The summed E-state index contributed by atoms with van der Waals surface area (Å²) in [6.07, 6.45) is 3.12. The van der Waals surface area contributed by atoms with Crippen molar-refractivity contribution in [1.82, 2.24) is 9.97 Å². The molecular weight excluding hydrogens is 440 g/mol. The Morgan fingerprint density at radius 2 is 1.82 bits per heavy atom. The SMILES string of the molecule is Cc1ccc(N(C(=O)c2cc(F)ccc2F)C(F)F)cc1C(=O)Nc1cnc2[nH]ccc2c1. The summed E-state index contributed by atoms with van der Waals surface area (Å²) < 4.78 is 55.2. The summed E-state index contributed by atoms with van der Waals surface area (Å²) >= 11 is 0. The van der Waals surface area contributed by atoms with Crippen molar-refractivity contribution in [1.29, 1.82) is 0 Å². The molecule has 0 saturated carbocycles. The van der Waals surface area contributed by atoms with Gasteiger partial charge in [0.15, 0.2) is 0 Å². The predicted octanol–water partition coefficient (Wildman–Crippen LogP) is 5.27. The highest BCUT2D eigenvalue weighted by Crippen LogP contribution is 2.26. The van der Waals surface area contributed by atoms with Crippen molar-refractivity contribution in [2.45, 2.75) is 13.5 Å². The number of fused-ring (bicyclic) bond motifs is 1. The number of rotatable bonds is 5. The fraction of sp³-hybridized carbons (Fsp3) is 0.0870. The third-order valence-electron chi connectivity index (χ3n) is 4.97. The molecule has 4 aromatic rings. The lowest BCUT2D eigenvalue weighted by Crippen LogP contribution is -2.36. The van der Waals surface area contributed by atoms with E-state index in [-0.39, 0.29) is 16.2 Å². The van der Waals surface area contributed by atoms with E-state index in [1.807, 2.05) is 0 Å². The Morgan fingerprint density at radius 1 is 1.03 bits per heavy atom. The monoisotopic (exact) mass is 456 g/mol. The molecular formula is C23H16F4N4O2. The normalized spacial score (nSPS) is 11.1. The minimum Gasteiger partial charge on any atom is -0.346 e. The third kappa shape index (κ3) is 4.40. The van der Waals surface area contributed by atoms with E-state index in [1.165, 1.54) is 18.3 Å². The first kappa shape index (κ1) is 22.0. The number of aromatic nitrogens is 2. The molecule has 0 unspecified atom stereocenters. The van der Waals surface area contributed by atoms with Gasteiger partial charge in [0.05, 0.1) is 23.1 Å². The van der Waals surface area contributed by atoms with Crippen LogP contribution < -0.4 is 10.2 Å². The largest absolute Gasteiger partial charge is 0.346 e. The van der Waals surface area contributed by atoms with Crippen molar-refractivity contribution in [2.24, 2.45) is 0 Å². The number of halogens is 4. The second-order valence-electron chi connectivity index (χ2n) is 7.17. The molecule has 0 aliphatic carbocycles. The van der Waals surface area contributed by atoms with Crippen LogP contribution in [-0.4, -0.2) is 28.3 Å². The van der Waals surface area contributed by atoms with Crippen LogP contribution in [0.3, 0.4) is 0 Å². The predicted molar refractivity (Wildman–Crippen MR) is 114 cm³/mol. The van der Waals surface area contributed by atoms with E-state index in [4.69, 9.17) is 0 Å². The van der Waals surface area contributed by atoms with Gasteiger partial charge in [-0.2, -0.15) is 8.78 Å². The van der Waals surface area contributed by atoms with Gasteiger partial charge in [0, 0.05) is 17.1 Å². The first-order valence-electron chi connectivity index (χ1n) is 9.66. The topological polar surface area (TPSA) is 78.1 Å². The van der Waals surface area contributed by atoms with E-state index in [1.54, 1.807) is 25.3 Å². The van der Waals surface area contributed by atoms with Crippen molar-refractivity contribution >= 4 is 34.2 Å². The van der Waals surface area contributed by atoms with Crippen molar-refractivity contribution < 1.29 is 27.2 Å². The maximum absolute atomic E-state index is 14.0. The van der Waals surface area contributed by atoms with E-state index in [2.05, 4.69) is 15.3 Å². The number of nitrogens with one attached hydrogen (secondary N) is 2. The van der Waals surface area contributed by atoms with Crippen molar-refractivity contribution in [3.8, 4) is 0 Å². The number of alkyl halides is 2. The van der Waals surface area contributed by atoms with Crippen LogP contribution in [0, 0.1) is 18.6 Å². The molecule has 0 aliphatic heterocycles. The maximum atomic E-state index is 14.0. The molecule has 0 aliphatic rings. The van der Waals surface area contributed by atoms with Gasteiger partial charge in [-0.25, -0.2) is 13.8 Å². The number of carbonyl (C=O) groups is 2. The molecule has 4 rings (SSSR count). The molecule has 2 amide bonds. The number of aromatic amines is 1. The first-order valence-corrected chi connectivity index (χ1v) is 9.66. The number of hydrogen-bond donors (Lipinski definition) is 2. The Labute approximate surface area is 184 Å². The molecule has 0 saturated heterocycles. The molecule has 33 heavy (non-hydrogen) atoms. The summed E-state index contributed by atoms with van der Waals surface area (Å²) in [4.78, 5) is 32.6. The zero-order chi connectivity index (χ0) is 23.7. The highest BCUT2D eigenvalue weighted by atomic mass is 19.3. The fourth-order valence-electron chi connectivity index (χ4n) is 3.32. The lowest BCUT2D eigenvalue weighted by molar-refractivity contribution is 0.0833. The molecule has 10 heteroatoms. The molecule has 0 radical (unpaired) electrons. The van der Waals surface area contributed by atoms with Crippen LogP contribution in [0.15, 0.2) is 60.9 Å². The summed E-state index contributed by atoms with van der Waals surface area (Å²) in [6.45, 7) is -1.79. The second-order valence-corrected chi connectivity index (χ2v) is 7.17. The van der Waals surface area contributed by atoms with Gasteiger partial charge >= 0.3 is 6.55 Å². The number of amides is 2. The van der Waals surface area contributed by atoms with Gasteiger partial charge < -0.3 is 10.3 Å².